The van der Waals surface area contributed by atoms with E-state index in [-0.39, 0.29) is 24.5 Å². The van der Waals surface area contributed by atoms with E-state index in [2.05, 4.69) is 20.6 Å². The molecule has 0 aliphatic rings. The highest BCUT2D eigenvalue weighted by atomic mass is 32.2. The molecule has 0 spiro atoms. The average molecular weight is 304 g/mol. The second kappa shape index (κ2) is 5.56. The van der Waals surface area contributed by atoms with E-state index in [4.69, 9.17) is 5.73 Å². The van der Waals surface area contributed by atoms with Gasteiger partial charge >= 0.3 is 0 Å². The van der Waals surface area contributed by atoms with Crippen molar-refractivity contribution in [2.75, 3.05) is 0 Å². The molecule has 0 saturated heterocycles. The van der Waals surface area contributed by atoms with Crippen molar-refractivity contribution in [2.45, 2.75) is 18.0 Å². The molecule has 0 bridgehead atoms. The Labute approximate surface area is 112 Å². The summed E-state index contributed by atoms with van der Waals surface area (Å²) in [6.07, 6.45) is 0. The highest BCUT2D eigenvalue weighted by Crippen LogP contribution is 2.19. The van der Waals surface area contributed by atoms with Crippen molar-refractivity contribution in [2.24, 2.45) is 5.73 Å². The highest BCUT2D eigenvalue weighted by molar-refractivity contribution is 7.89. The fourth-order valence-corrected chi connectivity index (χ4v) is 2.54. The first-order chi connectivity index (χ1) is 9.44. The molecule has 11 heteroatoms. The quantitative estimate of drug-likeness (QED) is 0.678. The van der Waals surface area contributed by atoms with Gasteiger partial charge in [-0.1, -0.05) is 5.21 Å². The summed E-state index contributed by atoms with van der Waals surface area (Å²) in [6.45, 7) is -0.433. The van der Waals surface area contributed by atoms with E-state index in [1.165, 1.54) is 0 Å². The van der Waals surface area contributed by atoms with Crippen molar-refractivity contribution < 1.29 is 17.2 Å². The molecule has 2 rings (SSSR count). The Kier molecular flexibility index (Phi) is 4.01. The predicted molar refractivity (Wildman–Crippen MR) is 62.5 cm³/mol. The molecule has 2 aromatic rings. The number of nitrogens with zero attached hydrogens (tertiary/aromatic N) is 3. The number of sulfonamides is 1. The van der Waals surface area contributed by atoms with Crippen LogP contribution < -0.4 is 10.5 Å². The summed E-state index contributed by atoms with van der Waals surface area (Å²) < 4.78 is 52.8. The Morgan fingerprint density at radius 3 is 2.70 bits per heavy atom. The van der Waals surface area contributed by atoms with Crippen molar-refractivity contribution in [3.63, 3.8) is 0 Å². The van der Waals surface area contributed by atoms with Crippen LogP contribution in [0.4, 0.5) is 8.78 Å². The molecule has 20 heavy (non-hydrogen) atoms. The van der Waals surface area contributed by atoms with Gasteiger partial charge in [-0.05, 0) is 17.7 Å². The van der Waals surface area contributed by atoms with Gasteiger partial charge in [-0.15, -0.1) is 10.2 Å². The van der Waals surface area contributed by atoms with Crippen LogP contribution in [0.3, 0.4) is 0 Å². The summed E-state index contributed by atoms with van der Waals surface area (Å²) in [7, 11) is -4.26. The van der Waals surface area contributed by atoms with Crippen molar-refractivity contribution in [3.05, 3.63) is 35.2 Å². The lowest BCUT2D eigenvalue weighted by Crippen LogP contribution is -2.25. The van der Waals surface area contributed by atoms with Gasteiger partial charge in [0.1, 0.15) is 4.90 Å². The summed E-state index contributed by atoms with van der Waals surface area (Å²) in [5.41, 5.74) is 5.45. The Morgan fingerprint density at radius 1 is 1.35 bits per heavy atom. The molecule has 108 valence electrons. The van der Waals surface area contributed by atoms with E-state index in [1.54, 1.807) is 0 Å². The number of tetrazole rings is 1. The summed E-state index contributed by atoms with van der Waals surface area (Å²) in [5.74, 6) is -2.69. The zero-order chi connectivity index (χ0) is 14.8. The number of hydrogen-bond acceptors (Lipinski definition) is 6. The molecule has 0 unspecified atom stereocenters. The smallest absolute Gasteiger partial charge is 0.244 e. The van der Waals surface area contributed by atoms with Gasteiger partial charge < -0.3 is 5.73 Å². The van der Waals surface area contributed by atoms with Crippen LogP contribution in [0.25, 0.3) is 0 Å². The minimum Gasteiger partial charge on any atom is -0.326 e. The molecule has 1 heterocycles. The summed E-state index contributed by atoms with van der Waals surface area (Å²) in [5, 5.41) is 12.4. The fraction of sp³-hybridized carbons (Fsp3) is 0.222. The molecule has 0 amide bonds. The Morgan fingerprint density at radius 2 is 2.10 bits per heavy atom. The minimum atomic E-state index is -4.26. The minimum absolute atomic E-state index is 0.0597. The molecular formula is C9H10F2N6O2S. The number of halogens is 2. The highest BCUT2D eigenvalue weighted by Gasteiger charge is 2.23. The first-order valence-electron chi connectivity index (χ1n) is 5.34. The van der Waals surface area contributed by atoms with Crippen molar-refractivity contribution in [1.82, 2.24) is 25.3 Å². The van der Waals surface area contributed by atoms with Gasteiger partial charge in [0.25, 0.3) is 0 Å². The topological polar surface area (TPSA) is 127 Å². The van der Waals surface area contributed by atoms with Crippen LogP contribution in [0.1, 0.15) is 11.4 Å². The largest absolute Gasteiger partial charge is 0.326 e. The third kappa shape index (κ3) is 2.95. The van der Waals surface area contributed by atoms with E-state index in [0.29, 0.717) is 0 Å². The Bertz CT molecular complexity index is 703. The van der Waals surface area contributed by atoms with Crippen LogP contribution in [0.15, 0.2) is 17.0 Å². The summed E-state index contributed by atoms with van der Waals surface area (Å²) >= 11 is 0. The molecule has 4 N–H and O–H groups in total. The van der Waals surface area contributed by atoms with Gasteiger partial charge in [0.15, 0.2) is 17.5 Å². The molecule has 8 nitrogen and oxygen atoms in total. The maximum Gasteiger partial charge on any atom is 0.244 e. The predicted octanol–water partition coefficient (Wildman–Crippen LogP) is -0.585. The molecular weight excluding hydrogens is 294 g/mol. The van der Waals surface area contributed by atoms with Gasteiger partial charge in [0.05, 0.1) is 6.54 Å². The van der Waals surface area contributed by atoms with E-state index in [1.807, 2.05) is 4.72 Å². The summed E-state index contributed by atoms with van der Waals surface area (Å²) in [6, 6.07) is 1.81. The molecule has 1 aromatic carbocycles. The Hall–Kier alpha value is -1.98. The van der Waals surface area contributed by atoms with Gasteiger partial charge in [-0.2, -0.15) is 5.21 Å². The lowest BCUT2D eigenvalue weighted by atomic mass is 10.2. The van der Waals surface area contributed by atoms with E-state index in [9.17, 15) is 17.2 Å². The van der Waals surface area contributed by atoms with E-state index >= 15 is 0 Å². The molecule has 0 fully saturated rings. The van der Waals surface area contributed by atoms with Crippen LogP contribution in [0.5, 0.6) is 0 Å². The summed E-state index contributed by atoms with van der Waals surface area (Å²) in [4.78, 5) is -0.818. The standard InChI is InChI=1S/C9H10F2N6O2S/c10-6-1-5(3-12)2-7(9(6)11)20(18,19)13-4-8-14-16-17-15-8/h1-2,13H,3-4,12H2,(H,14,15,16,17). The van der Waals surface area contributed by atoms with E-state index < -0.39 is 26.6 Å². The van der Waals surface area contributed by atoms with Crippen LogP contribution in [-0.4, -0.2) is 29.0 Å². The number of benzene rings is 1. The normalized spacial score (nSPS) is 11.8. The third-order valence-corrected chi connectivity index (χ3v) is 3.79. The number of nitrogens with two attached hydrogens (primary N) is 1. The van der Waals surface area contributed by atoms with Crippen LogP contribution in [-0.2, 0) is 23.1 Å². The SMILES string of the molecule is NCc1cc(F)c(F)c(S(=O)(=O)NCc2nn[nH]n2)c1. The van der Waals surface area contributed by atoms with Gasteiger partial charge in [0.2, 0.25) is 10.0 Å². The van der Waals surface area contributed by atoms with Gasteiger partial charge in [0, 0.05) is 6.54 Å². The lowest BCUT2D eigenvalue weighted by molar-refractivity contribution is 0.481. The van der Waals surface area contributed by atoms with E-state index in [0.717, 1.165) is 12.1 Å². The molecule has 0 atom stereocenters. The third-order valence-electron chi connectivity index (χ3n) is 2.39. The first-order valence-corrected chi connectivity index (χ1v) is 6.82. The maximum atomic E-state index is 13.6. The monoisotopic (exact) mass is 304 g/mol. The van der Waals surface area contributed by atoms with Crippen molar-refractivity contribution >= 4 is 10.0 Å². The van der Waals surface area contributed by atoms with Gasteiger partial charge in [-0.25, -0.2) is 21.9 Å². The average Bonchev–Trinajstić information content (AvgIpc) is 2.92. The Balaban J connectivity index is 2.31. The number of aromatic nitrogens is 4. The molecule has 0 aliphatic heterocycles. The molecule has 0 saturated carbocycles. The molecule has 1 aromatic heterocycles. The van der Waals surface area contributed by atoms with Gasteiger partial charge in [-0.3, -0.25) is 0 Å². The first kappa shape index (κ1) is 14.4. The van der Waals surface area contributed by atoms with Crippen molar-refractivity contribution in [1.29, 1.82) is 0 Å². The number of rotatable bonds is 5. The van der Waals surface area contributed by atoms with Crippen molar-refractivity contribution in [3.8, 4) is 0 Å². The van der Waals surface area contributed by atoms with Crippen LogP contribution in [0.2, 0.25) is 0 Å². The maximum absolute atomic E-state index is 13.6. The number of nitrogens with one attached hydrogen (secondary N) is 2. The second-order valence-electron chi connectivity index (χ2n) is 3.75. The number of hydrogen-bond donors (Lipinski definition) is 3. The van der Waals surface area contributed by atoms with Crippen LogP contribution in [0, 0.1) is 11.6 Å². The number of H-pyrrole nitrogens is 1. The zero-order valence-corrected chi connectivity index (χ0v) is 10.8. The zero-order valence-electron chi connectivity index (χ0n) is 9.97. The second-order valence-corrected chi connectivity index (χ2v) is 5.48. The molecule has 0 radical (unpaired) electrons. The molecule has 0 aliphatic carbocycles. The lowest BCUT2D eigenvalue weighted by Gasteiger charge is -2.08. The number of aromatic amines is 1. The van der Waals surface area contributed by atoms with Crippen LogP contribution >= 0.6 is 0 Å². The fourth-order valence-electron chi connectivity index (χ4n) is 1.43.